The van der Waals surface area contributed by atoms with Gasteiger partial charge in [-0.3, -0.25) is 0 Å². The molecule has 1 heterocycles. The number of aryl methyl sites for hydroxylation is 1. The Kier molecular flexibility index (Phi) is 5.00. The predicted octanol–water partition coefficient (Wildman–Crippen LogP) is 3.10. The van der Waals surface area contributed by atoms with Gasteiger partial charge in [0.25, 0.3) is 0 Å². The van der Waals surface area contributed by atoms with Crippen LogP contribution in [0.3, 0.4) is 0 Å². The van der Waals surface area contributed by atoms with Crippen molar-refractivity contribution in [3.63, 3.8) is 0 Å². The molecule has 0 fully saturated rings. The van der Waals surface area contributed by atoms with E-state index in [0.29, 0.717) is 14.9 Å². The van der Waals surface area contributed by atoms with Crippen LogP contribution in [0.15, 0.2) is 30.9 Å². The van der Waals surface area contributed by atoms with E-state index in [1.165, 1.54) is 6.07 Å². The monoisotopic (exact) mass is 374 g/mol. The number of nitrogen functional groups attached to an aromatic ring is 1. The molecule has 0 radical (unpaired) electrons. The van der Waals surface area contributed by atoms with Crippen molar-refractivity contribution in [3.8, 4) is 0 Å². The standard InChI is InChI=1S/C13H16FIN4/c14-10-7-13(12(16)8-11(10)15)18-3-1-2-5-19-6-4-17-9-19/h4,6-9,18H,1-3,5,16H2. The average Bonchev–Trinajstić information content (AvgIpc) is 2.88. The molecule has 0 aliphatic heterocycles. The molecule has 4 nitrogen and oxygen atoms in total. The van der Waals surface area contributed by atoms with Gasteiger partial charge in [-0.2, -0.15) is 0 Å². The van der Waals surface area contributed by atoms with Crippen LogP contribution < -0.4 is 11.1 Å². The zero-order valence-electron chi connectivity index (χ0n) is 10.4. The van der Waals surface area contributed by atoms with E-state index in [0.717, 1.165) is 25.9 Å². The molecule has 1 aromatic carbocycles. The topological polar surface area (TPSA) is 55.9 Å². The zero-order chi connectivity index (χ0) is 13.7. The summed E-state index contributed by atoms with van der Waals surface area (Å²) in [4.78, 5) is 3.99. The summed E-state index contributed by atoms with van der Waals surface area (Å²) in [6, 6.07) is 3.09. The molecule has 19 heavy (non-hydrogen) atoms. The molecular formula is C13H16FIN4. The normalized spacial score (nSPS) is 10.6. The highest BCUT2D eigenvalue weighted by Gasteiger charge is 2.05. The van der Waals surface area contributed by atoms with Crippen molar-refractivity contribution >= 4 is 34.0 Å². The first-order valence-corrected chi connectivity index (χ1v) is 7.19. The number of aromatic nitrogens is 2. The van der Waals surface area contributed by atoms with Gasteiger partial charge < -0.3 is 15.6 Å². The molecule has 6 heteroatoms. The van der Waals surface area contributed by atoms with Gasteiger partial charge >= 0.3 is 0 Å². The molecular weight excluding hydrogens is 358 g/mol. The predicted molar refractivity (Wildman–Crippen MR) is 83.5 cm³/mol. The van der Waals surface area contributed by atoms with Crippen molar-refractivity contribution in [1.29, 1.82) is 0 Å². The molecule has 0 amide bonds. The number of hydrogen-bond acceptors (Lipinski definition) is 3. The second-order valence-corrected chi connectivity index (χ2v) is 5.45. The summed E-state index contributed by atoms with van der Waals surface area (Å²) < 4.78 is 16.0. The number of nitrogens with two attached hydrogens (primary N) is 1. The second kappa shape index (κ2) is 6.74. The molecule has 1 aromatic heterocycles. The third-order valence-corrected chi connectivity index (χ3v) is 3.64. The van der Waals surface area contributed by atoms with E-state index < -0.39 is 0 Å². The summed E-state index contributed by atoms with van der Waals surface area (Å²) in [6.07, 6.45) is 7.55. The fourth-order valence-electron chi connectivity index (χ4n) is 1.78. The summed E-state index contributed by atoms with van der Waals surface area (Å²) in [7, 11) is 0. The second-order valence-electron chi connectivity index (χ2n) is 4.29. The molecule has 0 atom stereocenters. The Balaban J connectivity index is 1.75. The van der Waals surface area contributed by atoms with Crippen LogP contribution in [-0.4, -0.2) is 16.1 Å². The average molecular weight is 374 g/mol. The van der Waals surface area contributed by atoms with Crippen molar-refractivity contribution in [2.45, 2.75) is 19.4 Å². The summed E-state index contributed by atoms with van der Waals surface area (Å²) in [5.74, 6) is -0.240. The number of benzene rings is 1. The smallest absolute Gasteiger partial charge is 0.138 e. The van der Waals surface area contributed by atoms with Gasteiger partial charge in [-0.1, -0.05) is 0 Å². The molecule has 0 aliphatic carbocycles. The third-order valence-electron chi connectivity index (χ3n) is 2.81. The van der Waals surface area contributed by atoms with Crippen LogP contribution in [-0.2, 0) is 6.54 Å². The van der Waals surface area contributed by atoms with Crippen LogP contribution in [0.1, 0.15) is 12.8 Å². The molecule has 0 unspecified atom stereocenters. The number of rotatable bonds is 6. The lowest BCUT2D eigenvalue weighted by atomic mass is 10.2. The van der Waals surface area contributed by atoms with Gasteiger partial charge in [0, 0.05) is 31.5 Å². The number of nitrogens with zero attached hydrogens (tertiary/aromatic N) is 2. The molecule has 0 bridgehead atoms. The highest BCUT2D eigenvalue weighted by molar-refractivity contribution is 14.1. The summed E-state index contributed by atoms with van der Waals surface area (Å²) in [5, 5.41) is 3.17. The number of halogens is 2. The van der Waals surface area contributed by atoms with Gasteiger partial charge in [0.2, 0.25) is 0 Å². The number of imidazole rings is 1. The van der Waals surface area contributed by atoms with E-state index in [4.69, 9.17) is 5.73 Å². The van der Waals surface area contributed by atoms with Crippen molar-refractivity contribution in [2.24, 2.45) is 0 Å². The maximum atomic E-state index is 13.4. The lowest BCUT2D eigenvalue weighted by Crippen LogP contribution is -2.06. The van der Waals surface area contributed by atoms with Crippen LogP contribution >= 0.6 is 22.6 Å². The maximum absolute atomic E-state index is 13.4. The van der Waals surface area contributed by atoms with E-state index in [2.05, 4.69) is 10.3 Å². The summed E-state index contributed by atoms with van der Waals surface area (Å²) >= 11 is 1.93. The van der Waals surface area contributed by atoms with Gasteiger partial charge in [0.05, 0.1) is 21.3 Å². The molecule has 2 aromatic rings. The number of hydrogen-bond donors (Lipinski definition) is 2. The molecule has 0 saturated heterocycles. The first-order chi connectivity index (χ1) is 9.16. The molecule has 102 valence electrons. The number of unbranched alkanes of at least 4 members (excludes halogenated alkanes) is 1. The lowest BCUT2D eigenvalue weighted by molar-refractivity contribution is 0.617. The Hall–Kier alpha value is -1.31. The van der Waals surface area contributed by atoms with Crippen LogP contribution in [0.2, 0.25) is 0 Å². The molecule has 0 spiro atoms. The van der Waals surface area contributed by atoms with Crippen molar-refractivity contribution < 1.29 is 4.39 Å². The maximum Gasteiger partial charge on any atom is 0.138 e. The first kappa shape index (κ1) is 14.1. The fraction of sp³-hybridized carbons (Fsp3) is 0.308. The van der Waals surface area contributed by atoms with E-state index >= 15 is 0 Å². The third kappa shape index (κ3) is 4.09. The van der Waals surface area contributed by atoms with Crippen LogP contribution in [0, 0.1) is 9.39 Å². The van der Waals surface area contributed by atoms with Crippen LogP contribution in [0.25, 0.3) is 0 Å². The number of nitrogens with one attached hydrogen (secondary N) is 1. The minimum absolute atomic E-state index is 0.240. The Morgan fingerprint density at radius 3 is 2.95 bits per heavy atom. The largest absolute Gasteiger partial charge is 0.397 e. The minimum atomic E-state index is -0.240. The van der Waals surface area contributed by atoms with Crippen LogP contribution in [0.4, 0.5) is 15.8 Å². The first-order valence-electron chi connectivity index (χ1n) is 6.11. The SMILES string of the molecule is Nc1cc(I)c(F)cc1NCCCCn1ccnc1. The van der Waals surface area contributed by atoms with E-state index in [9.17, 15) is 4.39 Å². The Labute approximate surface area is 125 Å². The number of anilines is 2. The van der Waals surface area contributed by atoms with E-state index in [1.54, 1.807) is 18.6 Å². The highest BCUT2D eigenvalue weighted by atomic mass is 127. The van der Waals surface area contributed by atoms with E-state index in [-0.39, 0.29) is 5.82 Å². The van der Waals surface area contributed by atoms with Crippen molar-refractivity contribution in [3.05, 3.63) is 40.2 Å². The Morgan fingerprint density at radius 1 is 1.37 bits per heavy atom. The van der Waals surface area contributed by atoms with Crippen molar-refractivity contribution in [2.75, 3.05) is 17.6 Å². The molecule has 2 rings (SSSR count). The molecule has 0 aliphatic rings. The molecule has 3 N–H and O–H groups in total. The van der Waals surface area contributed by atoms with Gasteiger partial charge in [0.15, 0.2) is 0 Å². The van der Waals surface area contributed by atoms with E-state index in [1.807, 2.05) is 33.4 Å². The highest BCUT2D eigenvalue weighted by Crippen LogP contribution is 2.23. The Morgan fingerprint density at radius 2 is 2.21 bits per heavy atom. The van der Waals surface area contributed by atoms with Gasteiger partial charge in [0.1, 0.15) is 5.82 Å². The van der Waals surface area contributed by atoms with Gasteiger partial charge in [-0.15, -0.1) is 0 Å². The summed E-state index contributed by atoms with van der Waals surface area (Å²) in [5.41, 5.74) is 7.09. The van der Waals surface area contributed by atoms with Gasteiger partial charge in [-0.25, -0.2) is 9.37 Å². The Bertz CT molecular complexity index is 528. The summed E-state index contributed by atoms with van der Waals surface area (Å²) in [6.45, 7) is 1.72. The fourth-order valence-corrected chi connectivity index (χ4v) is 2.27. The quantitative estimate of drug-likeness (QED) is 0.464. The van der Waals surface area contributed by atoms with Crippen molar-refractivity contribution in [1.82, 2.24) is 9.55 Å². The zero-order valence-corrected chi connectivity index (χ0v) is 12.6. The van der Waals surface area contributed by atoms with Crippen LogP contribution in [0.5, 0.6) is 0 Å². The molecule has 0 saturated carbocycles. The lowest BCUT2D eigenvalue weighted by Gasteiger charge is -2.10. The van der Waals surface area contributed by atoms with Gasteiger partial charge in [-0.05, 0) is 41.5 Å². The minimum Gasteiger partial charge on any atom is -0.397 e.